The highest BCUT2D eigenvalue weighted by atomic mass is 16.4. The number of imidazole rings is 1. The molecule has 2 rings (SSSR count). The van der Waals surface area contributed by atoms with Gasteiger partial charge in [0.2, 0.25) is 11.8 Å². The summed E-state index contributed by atoms with van der Waals surface area (Å²) >= 11 is 0. The number of nitrogens with zero attached hydrogens (tertiary/aromatic N) is 2. The molecule has 4 N–H and O–H groups in total. The van der Waals surface area contributed by atoms with Crippen LogP contribution in [0.25, 0.3) is 11.2 Å². The Balaban J connectivity index is 1.93. The third kappa shape index (κ3) is 4.90. The Morgan fingerprint density at radius 1 is 1.24 bits per heavy atom. The lowest BCUT2D eigenvalue weighted by molar-refractivity contribution is -0.146. The first kappa shape index (κ1) is 18.2. The highest BCUT2D eigenvalue weighted by Crippen LogP contribution is 2.10. The molecule has 0 unspecified atom stereocenters. The van der Waals surface area contributed by atoms with Gasteiger partial charge in [0.1, 0.15) is 12.4 Å². The summed E-state index contributed by atoms with van der Waals surface area (Å²) in [7, 11) is 0. The number of aliphatic carboxylic acids is 1. The van der Waals surface area contributed by atoms with Crippen molar-refractivity contribution in [1.82, 2.24) is 19.9 Å². The normalized spacial score (nSPS) is 10.8. The molecule has 10 heteroatoms. The molecule has 0 bridgehead atoms. The zero-order chi connectivity index (χ0) is 18.6. The van der Waals surface area contributed by atoms with Gasteiger partial charge < -0.3 is 20.3 Å². The van der Waals surface area contributed by atoms with E-state index in [1.54, 1.807) is 19.9 Å². The summed E-state index contributed by atoms with van der Waals surface area (Å²) in [5, 5.41) is 11.4. The number of H-pyrrole nitrogens is 2. The number of anilines is 1. The third-order valence-corrected chi connectivity index (χ3v) is 3.46. The Labute approximate surface area is 142 Å². The molecule has 25 heavy (non-hydrogen) atoms. The molecule has 0 saturated carbocycles. The minimum Gasteiger partial charge on any atom is -0.480 e. The van der Waals surface area contributed by atoms with Crippen LogP contribution in [0.2, 0.25) is 0 Å². The van der Waals surface area contributed by atoms with E-state index in [0.29, 0.717) is 11.2 Å². The molecular weight excluding hydrogens is 330 g/mol. The Kier molecular flexibility index (Phi) is 5.52. The van der Waals surface area contributed by atoms with Crippen LogP contribution in [0.5, 0.6) is 0 Å². The lowest BCUT2D eigenvalue weighted by Gasteiger charge is -2.24. The molecule has 134 valence electrons. The van der Waals surface area contributed by atoms with Gasteiger partial charge in [0.05, 0.1) is 5.52 Å². The molecule has 0 aliphatic rings. The monoisotopic (exact) mass is 349 g/mol. The van der Waals surface area contributed by atoms with Gasteiger partial charge in [0, 0.05) is 18.9 Å². The Bertz CT molecular complexity index is 853. The fourth-order valence-electron chi connectivity index (χ4n) is 2.26. The highest BCUT2D eigenvalue weighted by Gasteiger charge is 2.20. The number of fused-ring (bicyclic) bond motifs is 1. The second-order valence-corrected chi connectivity index (χ2v) is 5.73. The van der Waals surface area contributed by atoms with Crippen molar-refractivity contribution in [3.63, 3.8) is 0 Å². The molecule has 0 aliphatic carbocycles. The molecule has 0 saturated heterocycles. The Morgan fingerprint density at radius 2 is 1.96 bits per heavy atom. The van der Waals surface area contributed by atoms with E-state index >= 15 is 0 Å². The van der Waals surface area contributed by atoms with Crippen LogP contribution in [0.3, 0.4) is 0 Å². The van der Waals surface area contributed by atoms with Crippen LogP contribution in [0.4, 0.5) is 5.82 Å². The van der Waals surface area contributed by atoms with Crippen molar-refractivity contribution < 1.29 is 19.5 Å². The number of aromatic amines is 2. The number of aromatic nitrogens is 3. The molecule has 0 radical (unpaired) electrons. The molecule has 0 fully saturated rings. The number of amides is 2. The molecule has 2 aromatic heterocycles. The maximum Gasteiger partial charge on any atom is 0.325 e. The average Bonchev–Trinajstić information content (AvgIpc) is 2.89. The number of carbonyl (C=O) groups excluding carboxylic acids is 2. The lowest BCUT2D eigenvalue weighted by Crippen LogP contribution is -2.40. The number of pyridine rings is 1. The maximum absolute atomic E-state index is 12.1. The smallest absolute Gasteiger partial charge is 0.325 e. The van der Waals surface area contributed by atoms with E-state index in [2.05, 4.69) is 20.3 Å². The molecule has 0 atom stereocenters. The summed E-state index contributed by atoms with van der Waals surface area (Å²) in [6, 6.07) is 2.84. The van der Waals surface area contributed by atoms with E-state index in [-0.39, 0.29) is 24.7 Å². The minimum absolute atomic E-state index is 0.106. The van der Waals surface area contributed by atoms with Crippen LogP contribution >= 0.6 is 0 Å². The molecule has 10 nitrogen and oxygen atoms in total. The first-order valence-electron chi connectivity index (χ1n) is 7.66. The summed E-state index contributed by atoms with van der Waals surface area (Å²) < 4.78 is 0. The van der Waals surface area contributed by atoms with E-state index in [0.717, 1.165) is 0 Å². The predicted octanol–water partition coefficient (Wildman–Crippen LogP) is 0.292. The summed E-state index contributed by atoms with van der Waals surface area (Å²) in [5.74, 6) is -1.71. The van der Waals surface area contributed by atoms with Gasteiger partial charge in [-0.25, -0.2) is 9.78 Å². The van der Waals surface area contributed by atoms with E-state index in [4.69, 9.17) is 5.11 Å². The van der Waals surface area contributed by atoms with Crippen LogP contribution in [-0.4, -0.2) is 55.3 Å². The fourth-order valence-corrected chi connectivity index (χ4v) is 2.26. The van der Waals surface area contributed by atoms with Crippen LogP contribution < -0.4 is 11.0 Å². The molecule has 2 amide bonds. The van der Waals surface area contributed by atoms with Crippen molar-refractivity contribution in [3.05, 3.63) is 22.6 Å². The van der Waals surface area contributed by atoms with Crippen molar-refractivity contribution in [2.45, 2.75) is 32.7 Å². The van der Waals surface area contributed by atoms with Crippen molar-refractivity contribution >= 4 is 34.8 Å². The molecule has 2 aromatic rings. The summed E-state index contributed by atoms with van der Waals surface area (Å²) in [6.45, 7) is 3.01. The maximum atomic E-state index is 12.1. The van der Waals surface area contributed by atoms with Crippen molar-refractivity contribution in [1.29, 1.82) is 0 Å². The zero-order valence-electron chi connectivity index (χ0n) is 13.8. The number of rotatable bonds is 7. The largest absolute Gasteiger partial charge is 0.480 e. The number of nitrogens with one attached hydrogen (secondary N) is 3. The van der Waals surface area contributed by atoms with Crippen LogP contribution in [-0.2, 0) is 14.4 Å². The van der Waals surface area contributed by atoms with Gasteiger partial charge in [-0.1, -0.05) is 0 Å². The van der Waals surface area contributed by atoms with Gasteiger partial charge in [-0.05, 0) is 26.0 Å². The first-order valence-corrected chi connectivity index (χ1v) is 7.66. The van der Waals surface area contributed by atoms with Gasteiger partial charge in [0.15, 0.2) is 5.65 Å². The number of carboxylic acid groups (broad SMARTS) is 1. The quantitative estimate of drug-likeness (QED) is 0.564. The van der Waals surface area contributed by atoms with Crippen molar-refractivity contribution in [2.24, 2.45) is 0 Å². The van der Waals surface area contributed by atoms with Crippen molar-refractivity contribution in [3.8, 4) is 0 Å². The highest BCUT2D eigenvalue weighted by molar-refractivity contribution is 5.93. The molecule has 0 aliphatic heterocycles. The SMILES string of the molecule is CC(C)N(CC(=O)O)C(=O)CCC(=O)Nc1ccc2[nH]c(=O)[nH]c2n1. The number of hydrogen-bond donors (Lipinski definition) is 4. The van der Waals surface area contributed by atoms with E-state index in [1.807, 2.05) is 0 Å². The minimum atomic E-state index is -1.11. The number of hydrogen-bond acceptors (Lipinski definition) is 5. The molecule has 2 heterocycles. The van der Waals surface area contributed by atoms with E-state index in [9.17, 15) is 19.2 Å². The zero-order valence-corrected chi connectivity index (χ0v) is 13.8. The first-order chi connectivity index (χ1) is 11.8. The summed E-state index contributed by atoms with van der Waals surface area (Å²) in [4.78, 5) is 56.3. The van der Waals surface area contributed by atoms with Crippen LogP contribution in [0.15, 0.2) is 16.9 Å². The third-order valence-electron chi connectivity index (χ3n) is 3.46. The number of carboxylic acids is 1. The van der Waals surface area contributed by atoms with Gasteiger partial charge >= 0.3 is 11.7 Å². The Morgan fingerprint density at radius 3 is 2.60 bits per heavy atom. The van der Waals surface area contributed by atoms with Gasteiger partial charge in [0.25, 0.3) is 0 Å². The van der Waals surface area contributed by atoms with Crippen molar-refractivity contribution in [2.75, 3.05) is 11.9 Å². The van der Waals surface area contributed by atoms with Gasteiger partial charge in [-0.2, -0.15) is 0 Å². The topological polar surface area (TPSA) is 148 Å². The predicted molar refractivity (Wildman–Crippen MR) is 89.1 cm³/mol. The number of carbonyl (C=O) groups is 3. The van der Waals surface area contributed by atoms with Crippen LogP contribution in [0, 0.1) is 0 Å². The second kappa shape index (κ2) is 7.60. The Hall–Kier alpha value is -3.17. The molecule has 0 aromatic carbocycles. The second-order valence-electron chi connectivity index (χ2n) is 5.73. The molecule has 0 spiro atoms. The summed E-state index contributed by atoms with van der Waals surface area (Å²) in [5.41, 5.74) is 0.425. The van der Waals surface area contributed by atoms with E-state index < -0.39 is 30.0 Å². The van der Waals surface area contributed by atoms with Gasteiger partial charge in [-0.15, -0.1) is 0 Å². The van der Waals surface area contributed by atoms with Crippen LogP contribution in [0.1, 0.15) is 26.7 Å². The summed E-state index contributed by atoms with van der Waals surface area (Å²) in [6.07, 6.45) is -0.217. The average molecular weight is 349 g/mol. The molecular formula is C15H19N5O5. The fraction of sp³-hybridized carbons (Fsp3) is 0.400. The standard InChI is InChI=1S/C15H19N5O5/c1-8(2)20(7-13(23)24)12(22)6-5-11(21)17-10-4-3-9-14(18-10)19-15(25)16-9/h3-4,8H,5-7H2,1-2H3,(H,23,24)(H3,16,17,18,19,21,25). The van der Waals surface area contributed by atoms with Gasteiger partial charge in [-0.3, -0.25) is 19.4 Å². The lowest BCUT2D eigenvalue weighted by atomic mass is 10.2. The van der Waals surface area contributed by atoms with E-state index in [1.165, 1.54) is 11.0 Å².